The topological polar surface area (TPSA) is 87.9 Å². The minimum Gasteiger partial charge on any atom is -0.494 e. The third kappa shape index (κ3) is 6.87. The molecule has 1 aliphatic rings. The van der Waals surface area contributed by atoms with Crippen LogP contribution in [0, 0.1) is 6.67 Å². The van der Waals surface area contributed by atoms with E-state index in [1.165, 1.54) is 0 Å². The van der Waals surface area contributed by atoms with Crippen LogP contribution < -0.4 is 15.2 Å². The highest BCUT2D eigenvalue weighted by Gasteiger charge is 2.27. The van der Waals surface area contributed by atoms with Gasteiger partial charge in [0.1, 0.15) is 12.4 Å². The monoisotopic (exact) mass is 505 g/mol. The van der Waals surface area contributed by atoms with Crippen molar-refractivity contribution in [1.82, 2.24) is 14.5 Å². The Balaban J connectivity index is 1.36. The number of sulfonamides is 1. The van der Waals surface area contributed by atoms with E-state index in [1.807, 2.05) is 91.7 Å². The van der Waals surface area contributed by atoms with Crippen LogP contribution in [-0.2, 0) is 10.0 Å². The van der Waals surface area contributed by atoms with Gasteiger partial charge in [-0.25, -0.2) is 13.1 Å². The number of benzene rings is 3. The summed E-state index contributed by atoms with van der Waals surface area (Å²) in [7, 11) is -1.83. The normalized spacial score (nSPS) is 15.2. The van der Waals surface area contributed by atoms with Gasteiger partial charge in [-0.2, -0.15) is 0 Å². The molecule has 189 valence electrons. The Morgan fingerprint density at radius 2 is 1.50 bits per heavy atom. The molecule has 36 heavy (non-hydrogen) atoms. The van der Waals surface area contributed by atoms with Gasteiger partial charge < -0.3 is 20.3 Å². The van der Waals surface area contributed by atoms with Crippen molar-refractivity contribution < 1.29 is 13.2 Å². The van der Waals surface area contributed by atoms with E-state index in [9.17, 15) is 8.42 Å². The summed E-state index contributed by atoms with van der Waals surface area (Å²) < 4.78 is 35.2. The number of ether oxygens (including phenoxy) is 1. The molecule has 0 aliphatic carbocycles. The van der Waals surface area contributed by atoms with Gasteiger partial charge >= 0.3 is 0 Å². The van der Waals surface area contributed by atoms with Crippen LogP contribution >= 0.6 is 0 Å². The maximum atomic E-state index is 13.3. The summed E-state index contributed by atoms with van der Waals surface area (Å²) in [6.45, 7) is 3.55. The number of nitrogens with two attached hydrogens (primary N) is 1. The number of unbranched alkanes of at least 4 members (excludes halogenated alkanes) is 1. The van der Waals surface area contributed by atoms with E-state index < -0.39 is 22.1 Å². The first kappa shape index (κ1) is 25.8. The van der Waals surface area contributed by atoms with Crippen molar-refractivity contribution >= 4 is 10.0 Å². The number of hydrogen-bond donors (Lipinski definition) is 2. The molecule has 7 nitrogen and oxygen atoms in total. The SMILES string of the molecule is CN1[CH]N(CCCCOc2ccc(S(=O)(=O)N[C@@H](c3ccccc3)[C@@H](N)c3ccccc3)cc2)C=C1. The van der Waals surface area contributed by atoms with Crippen molar-refractivity contribution in [3.8, 4) is 5.75 Å². The smallest absolute Gasteiger partial charge is 0.241 e. The lowest BCUT2D eigenvalue weighted by Crippen LogP contribution is -2.36. The number of rotatable bonds is 12. The molecule has 0 bridgehead atoms. The third-order valence-electron chi connectivity index (χ3n) is 6.02. The Kier molecular flexibility index (Phi) is 8.64. The zero-order valence-electron chi connectivity index (χ0n) is 20.4. The highest BCUT2D eigenvalue weighted by Crippen LogP contribution is 2.29. The maximum absolute atomic E-state index is 13.3. The molecule has 0 fully saturated rings. The molecule has 1 radical (unpaired) electrons. The summed E-state index contributed by atoms with van der Waals surface area (Å²) in [5.74, 6) is 0.641. The van der Waals surface area contributed by atoms with Gasteiger partial charge in [0.2, 0.25) is 10.0 Å². The zero-order chi connectivity index (χ0) is 25.4. The van der Waals surface area contributed by atoms with Crippen molar-refractivity contribution in [1.29, 1.82) is 0 Å². The summed E-state index contributed by atoms with van der Waals surface area (Å²) in [5, 5.41) is 0. The highest BCUT2D eigenvalue weighted by atomic mass is 32.2. The van der Waals surface area contributed by atoms with Crippen LogP contribution in [0.2, 0.25) is 0 Å². The van der Waals surface area contributed by atoms with Gasteiger partial charge in [-0.1, -0.05) is 60.7 Å². The first-order valence-corrected chi connectivity index (χ1v) is 13.5. The van der Waals surface area contributed by atoms with Gasteiger partial charge in [-0.05, 0) is 48.2 Å². The molecule has 3 aromatic rings. The van der Waals surface area contributed by atoms with Gasteiger partial charge in [-0.15, -0.1) is 0 Å². The predicted octanol–water partition coefficient (Wildman–Crippen LogP) is 4.40. The molecule has 1 heterocycles. The van der Waals surface area contributed by atoms with E-state index >= 15 is 0 Å². The summed E-state index contributed by atoms with van der Waals surface area (Å²) in [6.07, 6.45) is 5.95. The summed E-state index contributed by atoms with van der Waals surface area (Å²) in [6, 6.07) is 24.2. The zero-order valence-corrected chi connectivity index (χ0v) is 21.2. The molecule has 3 N–H and O–H groups in total. The van der Waals surface area contributed by atoms with Crippen molar-refractivity contribution in [2.75, 3.05) is 20.2 Å². The number of hydrogen-bond acceptors (Lipinski definition) is 6. The minimum atomic E-state index is -3.83. The van der Waals surface area contributed by atoms with E-state index in [0.717, 1.165) is 30.5 Å². The van der Waals surface area contributed by atoms with Gasteiger partial charge in [0.25, 0.3) is 0 Å². The summed E-state index contributed by atoms with van der Waals surface area (Å²) in [5.41, 5.74) is 8.20. The molecule has 0 spiro atoms. The predicted molar refractivity (Wildman–Crippen MR) is 142 cm³/mol. The van der Waals surface area contributed by atoms with Gasteiger partial charge in [0.05, 0.1) is 23.6 Å². The Bertz CT molecular complexity index is 1220. The molecule has 2 atom stereocenters. The summed E-state index contributed by atoms with van der Waals surface area (Å²) >= 11 is 0. The molecular weight excluding hydrogens is 472 g/mol. The molecule has 1 aliphatic heterocycles. The molecular formula is C28H33N4O3S. The van der Waals surface area contributed by atoms with E-state index in [-0.39, 0.29) is 4.90 Å². The molecule has 3 aromatic carbocycles. The van der Waals surface area contributed by atoms with E-state index in [2.05, 4.69) is 9.62 Å². The fourth-order valence-corrected chi connectivity index (χ4v) is 5.29. The van der Waals surface area contributed by atoms with Gasteiger partial charge in [-0.3, -0.25) is 0 Å². The average molecular weight is 506 g/mol. The fraction of sp³-hybridized carbons (Fsp3) is 0.250. The second-order valence-electron chi connectivity index (χ2n) is 8.79. The van der Waals surface area contributed by atoms with E-state index in [0.29, 0.717) is 12.4 Å². The van der Waals surface area contributed by atoms with Crippen LogP contribution in [0.15, 0.2) is 102 Å². The van der Waals surface area contributed by atoms with Crippen LogP contribution in [0.5, 0.6) is 5.75 Å². The Morgan fingerprint density at radius 3 is 2.11 bits per heavy atom. The van der Waals surface area contributed by atoms with Gasteiger partial charge in [0.15, 0.2) is 0 Å². The van der Waals surface area contributed by atoms with Crippen molar-refractivity contribution in [2.45, 2.75) is 29.8 Å². The van der Waals surface area contributed by atoms with Crippen molar-refractivity contribution in [2.24, 2.45) is 5.73 Å². The Morgan fingerprint density at radius 1 is 0.861 bits per heavy atom. The lowest BCUT2D eigenvalue weighted by Gasteiger charge is -2.26. The quantitative estimate of drug-likeness (QED) is 0.355. The molecule has 4 rings (SSSR count). The molecule has 0 aromatic heterocycles. The van der Waals surface area contributed by atoms with Crippen LogP contribution in [0.3, 0.4) is 0 Å². The van der Waals surface area contributed by atoms with Crippen LogP contribution in [0.4, 0.5) is 0 Å². The van der Waals surface area contributed by atoms with Crippen LogP contribution in [-0.4, -0.2) is 38.4 Å². The Labute approximate surface area is 214 Å². The lowest BCUT2D eigenvalue weighted by atomic mass is 9.95. The number of nitrogens with one attached hydrogen (secondary N) is 1. The highest BCUT2D eigenvalue weighted by molar-refractivity contribution is 7.89. The first-order valence-electron chi connectivity index (χ1n) is 12.0. The molecule has 8 heteroatoms. The minimum absolute atomic E-state index is 0.163. The van der Waals surface area contributed by atoms with E-state index in [4.69, 9.17) is 10.5 Å². The maximum Gasteiger partial charge on any atom is 0.241 e. The molecule has 0 unspecified atom stereocenters. The molecule has 0 saturated heterocycles. The largest absolute Gasteiger partial charge is 0.494 e. The number of nitrogens with zero attached hydrogens (tertiary/aromatic N) is 2. The standard InChI is InChI=1S/C28H33N4O3S/c1-31-19-20-32(22-31)18-8-9-21-35-25-14-16-26(17-15-25)36(33,34)30-28(24-12-6-3-7-13-24)27(29)23-10-4-2-5-11-23/h2-7,10-17,19-20,22,27-28,30H,8-9,18,21,29H2,1H3/t27-,28-/m0/s1. The van der Waals surface area contributed by atoms with Crippen molar-refractivity contribution in [3.63, 3.8) is 0 Å². The second-order valence-corrected chi connectivity index (χ2v) is 10.5. The lowest BCUT2D eigenvalue weighted by molar-refractivity contribution is 0.293. The van der Waals surface area contributed by atoms with Crippen LogP contribution in [0.1, 0.15) is 36.1 Å². The second kappa shape index (κ2) is 12.1. The Hall–Kier alpha value is -3.33. The average Bonchev–Trinajstić information content (AvgIpc) is 3.33. The van der Waals surface area contributed by atoms with Gasteiger partial charge in [0, 0.05) is 26.0 Å². The third-order valence-corrected chi connectivity index (χ3v) is 7.48. The molecule has 0 saturated carbocycles. The van der Waals surface area contributed by atoms with Crippen molar-refractivity contribution in [3.05, 3.63) is 115 Å². The fourth-order valence-electron chi connectivity index (χ4n) is 4.05. The van der Waals surface area contributed by atoms with E-state index in [1.54, 1.807) is 24.3 Å². The van der Waals surface area contributed by atoms with Crippen LogP contribution in [0.25, 0.3) is 0 Å². The molecule has 0 amide bonds. The summed E-state index contributed by atoms with van der Waals surface area (Å²) in [4.78, 5) is 4.31. The first-order chi connectivity index (χ1) is 17.4.